The van der Waals surface area contributed by atoms with Crippen LogP contribution in [0.5, 0.6) is 0 Å². The molecule has 0 aliphatic carbocycles. The summed E-state index contributed by atoms with van der Waals surface area (Å²) in [4.78, 5) is 25.1. The highest BCUT2D eigenvalue weighted by Crippen LogP contribution is 2.35. The average Bonchev–Trinajstić information content (AvgIpc) is 3.29. The van der Waals surface area contributed by atoms with Gasteiger partial charge in [-0.25, -0.2) is 9.37 Å². The summed E-state index contributed by atoms with van der Waals surface area (Å²) in [6, 6.07) is 4.11. The highest BCUT2D eigenvalue weighted by molar-refractivity contribution is 5.22. The first kappa shape index (κ1) is 17.1. The Morgan fingerprint density at radius 2 is 2.07 bits per heavy atom. The quantitative estimate of drug-likeness (QED) is 0.889. The van der Waals surface area contributed by atoms with Crippen LogP contribution in [0.3, 0.4) is 0 Å². The first-order valence-corrected chi connectivity index (χ1v) is 9.95. The zero-order chi connectivity index (χ0) is 18.4. The summed E-state index contributed by atoms with van der Waals surface area (Å²) in [6.45, 7) is 5.36. The highest BCUT2D eigenvalue weighted by Gasteiger charge is 2.35. The number of halogens is 1. The molecule has 3 aliphatic heterocycles. The lowest BCUT2D eigenvalue weighted by Crippen LogP contribution is -2.47. The normalized spacial score (nSPS) is 28.4. The van der Waals surface area contributed by atoms with E-state index in [0.717, 1.165) is 56.2 Å². The Hall–Kier alpha value is -1.99. The second-order valence-corrected chi connectivity index (χ2v) is 8.35. The van der Waals surface area contributed by atoms with E-state index in [-0.39, 0.29) is 5.56 Å². The van der Waals surface area contributed by atoms with E-state index in [4.69, 9.17) is 0 Å². The van der Waals surface area contributed by atoms with Crippen molar-refractivity contribution in [1.82, 2.24) is 24.3 Å². The maximum atomic E-state index is 13.4. The zero-order valence-corrected chi connectivity index (χ0v) is 15.5. The summed E-state index contributed by atoms with van der Waals surface area (Å²) in [5, 5.41) is 0. The number of nitrogens with one attached hydrogen (secondary N) is 1. The molecule has 144 valence electrons. The molecule has 6 nitrogen and oxygen atoms in total. The summed E-state index contributed by atoms with van der Waals surface area (Å²) >= 11 is 0. The third-order valence-electron chi connectivity index (χ3n) is 6.30. The van der Waals surface area contributed by atoms with E-state index < -0.39 is 6.17 Å². The van der Waals surface area contributed by atoms with E-state index in [9.17, 15) is 9.18 Å². The van der Waals surface area contributed by atoms with Crippen molar-refractivity contribution in [3.8, 4) is 0 Å². The van der Waals surface area contributed by atoms with Crippen LogP contribution in [0.15, 0.2) is 29.3 Å². The molecule has 27 heavy (non-hydrogen) atoms. The molecule has 7 heteroatoms. The number of aromatic nitrogens is 3. The Bertz CT molecular complexity index is 864. The van der Waals surface area contributed by atoms with Crippen molar-refractivity contribution >= 4 is 0 Å². The van der Waals surface area contributed by atoms with Gasteiger partial charge in [-0.1, -0.05) is 6.07 Å². The van der Waals surface area contributed by atoms with Crippen molar-refractivity contribution in [3.05, 3.63) is 52.0 Å². The van der Waals surface area contributed by atoms with Gasteiger partial charge in [0.2, 0.25) is 0 Å². The molecule has 3 atom stereocenters. The van der Waals surface area contributed by atoms with Gasteiger partial charge in [-0.05, 0) is 24.8 Å². The fourth-order valence-electron chi connectivity index (χ4n) is 5.11. The van der Waals surface area contributed by atoms with Crippen LogP contribution >= 0.6 is 0 Å². The van der Waals surface area contributed by atoms with Crippen LogP contribution < -0.4 is 5.56 Å². The Morgan fingerprint density at radius 1 is 1.15 bits per heavy atom. The number of hydrogen-bond donors (Lipinski definition) is 1. The summed E-state index contributed by atoms with van der Waals surface area (Å²) in [7, 11) is 0. The minimum atomic E-state index is -0.745. The molecule has 0 spiro atoms. The summed E-state index contributed by atoms with van der Waals surface area (Å²) in [6.07, 6.45) is 4.65. The van der Waals surface area contributed by atoms with Crippen molar-refractivity contribution in [2.75, 3.05) is 26.2 Å². The van der Waals surface area contributed by atoms with E-state index in [1.165, 1.54) is 0 Å². The Kier molecular flexibility index (Phi) is 4.36. The predicted octanol–water partition coefficient (Wildman–Crippen LogP) is 1.73. The molecule has 0 unspecified atom stereocenters. The average molecular weight is 371 g/mol. The second kappa shape index (κ2) is 6.87. The van der Waals surface area contributed by atoms with E-state index in [1.807, 2.05) is 16.8 Å². The standard InChI is InChI=1S/C20H26FN5O/c21-17-3-6-24(12-17)10-15-1-2-18-16-7-14(9-26(18)20(15)27)8-25(11-16)13-19-22-4-5-23-19/h1-2,4-5,14,16-17H,3,6-13H2,(H,22,23)/t14-,16+,17-/m0/s1. The molecule has 2 saturated heterocycles. The molecular weight excluding hydrogens is 345 g/mol. The molecule has 0 amide bonds. The van der Waals surface area contributed by atoms with Gasteiger partial charge < -0.3 is 9.55 Å². The third-order valence-corrected chi connectivity index (χ3v) is 6.30. The van der Waals surface area contributed by atoms with Crippen molar-refractivity contribution in [2.45, 2.75) is 44.6 Å². The predicted molar refractivity (Wildman–Crippen MR) is 100 cm³/mol. The molecular formula is C20H26FN5O. The van der Waals surface area contributed by atoms with Crippen molar-refractivity contribution in [2.24, 2.45) is 5.92 Å². The summed E-state index contributed by atoms with van der Waals surface area (Å²) < 4.78 is 15.4. The van der Waals surface area contributed by atoms with Gasteiger partial charge in [0.15, 0.2) is 0 Å². The van der Waals surface area contributed by atoms with Gasteiger partial charge in [-0.15, -0.1) is 0 Å². The van der Waals surface area contributed by atoms with Gasteiger partial charge in [0, 0.05) is 68.8 Å². The lowest BCUT2D eigenvalue weighted by molar-refractivity contribution is 0.112. The van der Waals surface area contributed by atoms with E-state index in [0.29, 0.717) is 31.3 Å². The van der Waals surface area contributed by atoms with Crippen LogP contribution in [0.4, 0.5) is 4.39 Å². The Labute approximate surface area is 158 Å². The van der Waals surface area contributed by atoms with E-state index in [2.05, 4.69) is 25.8 Å². The van der Waals surface area contributed by atoms with Crippen LogP contribution in [0, 0.1) is 5.92 Å². The number of pyridine rings is 1. The maximum absolute atomic E-state index is 13.4. The van der Waals surface area contributed by atoms with Gasteiger partial charge >= 0.3 is 0 Å². The molecule has 2 aromatic heterocycles. The van der Waals surface area contributed by atoms with Crippen LogP contribution in [-0.4, -0.2) is 56.7 Å². The summed E-state index contributed by atoms with van der Waals surface area (Å²) in [5.74, 6) is 1.90. The van der Waals surface area contributed by atoms with E-state index in [1.54, 1.807) is 6.20 Å². The Morgan fingerprint density at radius 3 is 2.85 bits per heavy atom. The fraction of sp³-hybridized carbons (Fsp3) is 0.600. The smallest absolute Gasteiger partial charge is 0.255 e. The molecule has 0 saturated carbocycles. The molecule has 2 bridgehead atoms. The SMILES string of the molecule is O=c1c(CN2CC[C@H](F)C2)ccc2n1C[C@H]1C[C@@H]2CN(Cc2ncc[nH]2)C1. The number of alkyl halides is 1. The van der Waals surface area contributed by atoms with Gasteiger partial charge in [0.25, 0.3) is 5.56 Å². The molecule has 2 fully saturated rings. The van der Waals surface area contributed by atoms with Crippen molar-refractivity contribution in [1.29, 1.82) is 0 Å². The number of likely N-dealkylation sites (tertiary alicyclic amines) is 2. The largest absolute Gasteiger partial charge is 0.348 e. The minimum absolute atomic E-state index is 0.129. The molecule has 0 aromatic carbocycles. The first-order valence-electron chi connectivity index (χ1n) is 9.95. The number of piperidine rings is 1. The molecule has 0 radical (unpaired) electrons. The Balaban J connectivity index is 1.35. The maximum Gasteiger partial charge on any atom is 0.255 e. The van der Waals surface area contributed by atoms with Crippen molar-refractivity contribution in [3.63, 3.8) is 0 Å². The number of imidazole rings is 1. The molecule has 2 aromatic rings. The first-order chi connectivity index (χ1) is 13.2. The lowest BCUT2D eigenvalue weighted by atomic mass is 9.83. The summed E-state index contributed by atoms with van der Waals surface area (Å²) in [5.41, 5.74) is 2.10. The second-order valence-electron chi connectivity index (χ2n) is 8.35. The van der Waals surface area contributed by atoms with Crippen LogP contribution in [0.25, 0.3) is 0 Å². The monoisotopic (exact) mass is 371 g/mol. The lowest BCUT2D eigenvalue weighted by Gasteiger charge is -2.42. The minimum Gasteiger partial charge on any atom is -0.348 e. The number of hydrogen-bond acceptors (Lipinski definition) is 4. The topological polar surface area (TPSA) is 57.2 Å². The number of rotatable bonds is 4. The van der Waals surface area contributed by atoms with Crippen LogP contribution in [0.2, 0.25) is 0 Å². The number of aromatic amines is 1. The van der Waals surface area contributed by atoms with Crippen LogP contribution in [0.1, 0.15) is 35.8 Å². The fourth-order valence-corrected chi connectivity index (χ4v) is 5.11. The molecule has 3 aliphatic rings. The van der Waals surface area contributed by atoms with Gasteiger partial charge in [0.05, 0.1) is 6.54 Å². The third kappa shape index (κ3) is 3.34. The van der Waals surface area contributed by atoms with Gasteiger partial charge in [0.1, 0.15) is 12.0 Å². The van der Waals surface area contributed by atoms with Crippen LogP contribution in [-0.2, 0) is 19.6 Å². The number of fused-ring (bicyclic) bond motifs is 4. The highest BCUT2D eigenvalue weighted by atomic mass is 19.1. The van der Waals surface area contributed by atoms with E-state index >= 15 is 0 Å². The van der Waals surface area contributed by atoms with Crippen molar-refractivity contribution < 1.29 is 4.39 Å². The number of H-pyrrole nitrogens is 1. The number of nitrogens with zero attached hydrogens (tertiary/aromatic N) is 4. The molecule has 1 N–H and O–H groups in total. The molecule has 5 rings (SSSR count). The zero-order valence-electron chi connectivity index (χ0n) is 15.5. The van der Waals surface area contributed by atoms with Gasteiger partial charge in [-0.3, -0.25) is 14.6 Å². The molecule has 5 heterocycles. The van der Waals surface area contributed by atoms with Gasteiger partial charge in [-0.2, -0.15) is 0 Å².